The number of aromatic nitrogens is 3. The molecular weight excluding hydrogens is 442 g/mol. The molecule has 2 aromatic carbocycles. The molecule has 5 nitrogen and oxygen atoms in total. The van der Waals surface area contributed by atoms with Gasteiger partial charge in [-0.25, -0.2) is 0 Å². The molecule has 0 aliphatic rings. The van der Waals surface area contributed by atoms with Gasteiger partial charge in [-0.3, -0.25) is 9.20 Å². The molecule has 4 rings (SSSR count). The highest BCUT2D eigenvalue weighted by molar-refractivity contribution is 6.37. The fraction of sp³-hybridized carbons (Fsp3) is 0. The first kappa shape index (κ1) is 19.0. The first-order chi connectivity index (χ1) is 13.4. The van der Waals surface area contributed by atoms with Crippen LogP contribution in [0.2, 0.25) is 20.1 Å². The van der Waals surface area contributed by atoms with Gasteiger partial charge in [0.1, 0.15) is 0 Å². The predicted molar refractivity (Wildman–Crippen MR) is 113 cm³/mol. The van der Waals surface area contributed by atoms with Crippen molar-refractivity contribution >= 4 is 63.6 Å². The topological polar surface area (TPSA) is 59.3 Å². The van der Waals surface area contributed by atoms with E-state index in [1.54, 1.807) is 53.1 Å². The summed E-state index contributed by atoms with van der Waals surface area (Å²) in [7, 11) is 0. The molecule has 0 radical (unpaired) electrons. The predicted octanol–water partition coefficient (Wildman–Crippen LogP) is 6.26. The molecule has 1 N–H and O–H groups in total. The number of halogens is 4. The zero-order valence-electron chi connectivity index (χ0n) is 14.0. The Morgan fingerprint density at radius 3 is 2.50 bits per heavy atom. The van der Waals surface area contributed by atoms with Gasteiger partial charge in [-0.2, -0.15) is 0 Å². The number of carbonyl (C=O) groups is 1. The molecule has 28 heavy (non-hydrogen) atoms. The summed E-state index contributed by atoms with van der Waals surface area (Å²) in [5.74, 6) is 0.132. The summed E-state index contributed by atoms with van der Waals surface area (Å²) in [6, 6.07) is 13.2. The Labute approximate surface area is 179 Å². The monoisotopic (exact) mass is 450 g/mol. The molecule has 2 heterocycles. The summed E-state index contributed by atoms with van der Waals surface area (Å²) in [6.07, 6.45) is 1.78. The van der Waals surface area contributed by atoms with Crippen LogP contribution in [0.15, 0.2) is 54.7 Å². The lowest BCUT2D eigenvalue weighted by molar-refractivity contribution is 0.102. The number of nitrogens with zero attached hydrogens (tertiary/aromatic N) is 3. The number of anilines is 1. The summed E-state index contributed by atoms with van der Waals surface area (Å²) in [4.78, 5) is 12.6. The fourth-order valence-electron chi connectivity index (χ4n) is 2.71. The lowest BCUT2D eigenvalue weighted by atomic mass is 10.1. The number of nitrogens with one attached hydrogen (secondary N) is 1. The average molecular weight is 452 g/mol. The van der Waals surface area contributed by atoms with Gasteiger partial charge < -0.3 is 5.32 Å². The maximum Gasteiger partial charge on any atom is 0.257 e. The largest absolute Gasteiger partial charge is 0.322 e. The standard InChI is InChI=1S/C19H10Cl4N4O/c20-10-3-5-12(16(23)8-10)19(28)24-11-4-6-14(21)13(9-11)17-25-26-18-15(22)2-1-7-27(17)18/h1-9H,(H,24,28). The van der Waals surface area contributed by atoms with Crippen LogP contribution in [0, 0.1) is 0 Å². The van der Waals surface area contributed by atoms with E-state index in [1.807, 2.05) is 0 Å². The van der Waals surface area contributed by atoms with E-state index in [0.717, 1.165) is 0 Å². The van der Waals surface area contributed by atoms with Crippen LogP contribution in [0.5, 0.6) is 0 Å². The van der Waals surface area contributed by atoms with Gasteiger partial charge in [-0.1, -0.05) is 46.4 Å². The van der Waals surface area contributed by atoms with Crippen molar-refractivity contribution in [3.05, 3.63) is 80.4 Å². The summed E-state index contributed by atoms with van der Waals surface area (Å²) in [5, 5.41) is 12.7. The van der Waals surface area contributed by atoms with E-state index < -0.39 is 0 Å². The Hall–Kier alpha value is -2.31. The molecule has 0 aliphatic heterocycles. The van der Waals surface area contributed by atoms with E-state index in [1.165, 1.54) is 6.07 Å². The first-order valence-corrected chi connectivity index (χ1v) is 9.51. The maximum atomic E-state index is 12.6. The molecule has 2 aromatic heterocycles. The second kappa shape index (κ2) is 7.60. The molecular formula is C19H10Cl4N4O. The maximum absolute atomic E-state index is 12.6. The molecule has 0 bridgehead atoms. The summed E-state index contributed by atoms with van der Waals surface area (Å²) < 4.78 is 1.73. The van der Waals surface area contributed by atoms with E-state index in [-0.39, 0.29) is 10.9 Å². The van der Waals surface area contributed by atoms with Gasteiger partial charge in [0.25, 0.3) is 5.91 Å². The van der Waals surface area contributed by atoms with E-state index in [9.17, 15) is 4.79 Å². The van der Waals surface area contributed by atoms with Gasteiger partial charge in [0.2, 0.25) is 0 Å². The second-order valence-electron chi connectivity index (χ2n) is 5.85. The molecule has 0 fully saturated rings. The number of benzene rings is 2. The van der Waals surface area contributed by atoms with Crippen LogP contribution in [-0.4, -0.2) is 20.5 Å². The average Bonchev–Trinajstić information content (AvgIpc) is 3.08. The van der Waals surface area contributed by atoms with Crippen molar-refractivity contribution in [2.75, 3.05) is 5.32 Å². The molecule has 0 atom stereocenters. The minimum Gasteiger partial charge on any atom is -0.322 e. The van der Waals surface area contributed by atoms with Crippen molar-refractivity contribution in [2.24, 2.45) is 0 Å². The Morgan fingerprint density at radius 2 is 1.71 bits per heavy atom. The quantitative estimate of drug-likeness (QED) is 0.399. The van der Waals surface area contributed by atoms with Crippen LogP contribution in [0.3, 0.4) is 0 Å². The number of pyridine rings is 1. The van der Waals surface area contributed by atoms with Gasteiger partial charge in [0, 0.05) is 22.5 Å². The molecule has 140 valence electrons. The SMILES string of the molecule is O=C(Nc1ccc(Cl)c(-c2nnc3c(Cl)cccn23)c1)c1ccc(Cl)cc1Cl. The first-order valence-electron chi connectivity index (χ1n) is 7.99. The molecule has 1 amide bonds. The highest BCUT2D eigenvalue weighted by Crippen LogP contribution is 2.31. The number of rotatable bonds is 3. The zero-order valence-corrected chi connectivity index (χ0v) is 17.0. The van der Waals surface area contributed by atoms with Crippen molar-refractivity contribution in [3.63, 3.8) is 0 Å². The van der Waals surface area contributed by atoms with Gasteiger partial charge in [0.15, 0.2) is 11.5 Å². The zero-order chi connectivity index (χ0) is 19.8. The van der Waals surface area contributed by atoms with E-state index >= 15 is 0 Å². The molecule has 0 aliphatic carbocycles. The van der Waals surface area contributed by atoms with Crippen molar-refractivity contribution in [1.29, 1.82) is 0 Å². The summed E-state index contributed by atoms with van der Waals surface area (Å²) in [6.45, 7) is 0. The van der Waals surface area contributed by atoms with Gasteiger partial charge in [-0.05, 0) is 48.5 Å². The number of carbonyl (C=O) groups excluding carboxylic acids is 1. The molecule has 0 saturated carbocycles. The van der Waals surface area contributed by atoms with Crippen LogP contribution < -0.4 is 5.32 Å². The molecule has 0 unspecified atom stereocenters. The Bertz CT molecular complexity index is 1220. The normalized spacial score (nSPS) is 11.0. The minimum absolute atomic E-state index is 0.261. The van der Waals surface area contributed by atoms with E-state index in [2.05, 4.69) is 15.5 Å². The van der Waals surface area contributed by atoms with Gasteiger partial charge >= 0.3 is 0 Å². The number of fused-ring (bicyclic) bond motifs is 1. The lowest BCUT2D eigenvalue weighted by Gasteiger charge is -2.10. The van der Waals surface area contributed by atoms with Crippen LogP contribution >= 0.6 is 46.4 Å². The van der Waals surface area contributed by atoms with Crippen molar-refractivity contribution < 1.29 is 4.79 Å². The van der Waals surface area contributed by atoms with Gasteiger partial charge in [-0.15, -0.1) is 10.2 Å². The Kier molecular flexibility index (Phi) is 5.17. The van der Waals surface area contributed by atoms with Crippen molar-refractivity contribution in [2.45, 2.75) is 0 Å². The van der Waals surface area contributed by atoms with E-state index in [4.69, 9.17) is 46.4 Å². The Morgan fingerprint density at radius 1 is 0.893 bits per heavy atom. The second-order valence-corrected chi connectivity index (χ2v) is 7.50. The van der Waals surface area contributed by atoms with Crippen LogP contribution in [0.4, 0.5) is 5.69 Å². The molecule has 9 heteroatoms. The summed E-state index contributed by atoms with van der Waals surface area (Å²) in [5.41, 5.74) is 1.94. The van der Waals surface area contributed by atoms with Gasteiger partial charge in [0.05, 0.1) is 20.6 Å². The van der Waals surface area contributed by atoms with Crippen LogP contribution in [0.25, 0.3) is 17.0 Å². The number of hydrogen-bond donors (Lipinski definition) is 1. The van der Waals surface area contributed by atoms with Crippen LogP contribution in [0.1, 0.15) is 10.4 Å². The number of hydrogen-bond acceptors (Lipinski definition) is 3. The van der Waals surface area contributed by atoms with Crippen LogP contribution in [-0.2, 0) is 0 Å². The third-order valence-corrected chi connectivity index (χ3v) is 5.20. The van der Waals surface area contributed by atoms with Crippen molar-refractivity contribution in [1.82, 2.24) is 14.6 Å². The smallest absolute Gasteiger partial charge is 0.257 e. The van der Waals surface area contributed by atoms with E-state index in [0.29, 0.717) is 43.4 Å². The minimum atomic E-state index is -0.371. The third-order valence-electron chi connectivity index (χ3n) is 4.03. The number of amides is 1. The lowest BCUT2D eigenvalue weighted by Crippen LogP contribution is -2.12. The molecule has 0 spiro atoms. The molecule has 4 aromatic rings. The third kappa shape index (κ3) is 3.54. The highest BCUT2D eigenvalue weighted by Gasteiger charge is 2.16. The summed E-state index contributed by atoms with van der Waals surface area (Å²) >= 11 is 24.5. The van der Waals surface area contributed by atoms with Crippen molar-refractivity contribution in [3.8, 4) is 11.4 Å². The fourth-order valence-corrected chi connectivity index (χ4v) is 3.61. The Balaban J connectivity index is 1.71. The molecule has 0 saturated heterocycles. The highest BCUT2D eigenvalue weighted by atomic mass is 35.5.